The minimum Gasteiger partial charge on any atom is -0.456 e. The first kappa shape index (κ1) is 23.9. The lowest BCUT2D eigenvalue weighted by molar-refractivity contribution is 0.669. The molecule has 0 radical (unpaired) electrons. The van der Waals surface area contributed by atoms with Gasteiger partial charge in [0.1, 0.15) is 11.2 Å². The highest BCUT2D eigenvalue weighted by Crippen LogP contribution is 2.45. The predicted molar refractivity (Wildman–Crippen MR) is 180 cm³/mol. The lowest BCUT2D eigenvalue weighted by Gasteiger charge is -2.26. The molecule has 3 nitrogen and oxygen atoms in total. The van der Waals surface area contributed by atoms with Gasteiger partial charge < -0.3 is 13.9 Å². The van der Waals surface area contributed by atoms with Crippen molar-refractivity contribution < 1.29 is 4.42 Å². The summed E-state index contributed by atoms with van der Waals surface area (Å²) in [5.41, 5.74) is 8.54. The van der Waals surface area contributed by atoms with Crippen LogP contribution in [-0.2, 0) is 0 Å². The van der Waals surface area contributed by atoms with E-state index in [2.05, 4.69) is 167 Å². The maximum absolute atomic E-state index is 6.51. The number of anilines is 3. The second kappa shape index (κ2) is 9.37. The van der Waals surface area contributed by atoms with Crippen LogP contribution in [0, 0.1) is 0 Å². The van der Waals surface area contributed by atoms with E-state index in [9.17, 15) is 0 Å². The van der Waals surface area contributed by atoms with Crippen LogP contribution in [-0.4, -0.2) is 4.57 Å². The van der Waals surface area contributed by atoms with Crippen molar-refractivity contribution in [2.45, 2.75) is 0 Å². The standard InChI is InChI=1S/C40H26N2O/c1-3-14-29(15-4-1)41(31-22-23-32-34-24-27-12-7-8-13-28(27)25-38(34)43-39(32)26-31)36-20-11-21-37-40(36)33-18-9-10-19-35(33)42(37)30-16-5-2-6-17-30/h1-26H. The molecule has 0 bridgehead atoms. The number of fused-ring (bicyclic) bond motifs is 7. The Morgan fingerprint density at radius 1 is 0.442 bits per heavy atom. The van der Waals surface area contributed by atoms with Crippen LogP contribution in [0.2, 0.25) is 0 Å². The molecule has 9 aromatic rings. The smallest absolute Gasteiger partial charge is 0.137 e. The van der Waals surface area contributed by atoms with Crippen molar-refractivity contribution in [3.63, 3.8) is 0 Å². The van der Waals surface area contributed by atoms with Crippen molar-refractivity contribution in [1.82, 2.24) is 4.57 Å². The largest absolute Gasteiger partial charge is 0.456 e. The molecule has 0 aliphatic carbocycles. The van der Waals surface area contributed by atoms with E-state index in [0.29, 0.717) is 0 Å². The predicted octanol–water partition coefficient (Wildman–Crippen LogP) is 11.3. The number of hydrogen-bond acceptors (Lipinski definition) is 2. The maximum Gasteiger partial charge on any atom is 0.137 e. The molecule has 0 atom stereocenters. The molecule has 2 aromatic heterocycles. The van der Waals surface area contributed by atoms with Crippen LogP contribution in [0.4, 0.5) is 17.1 Å². The fraction of sp³-hybridized carbons (Fsp3) is 0. The molecule has 0 fully saturated rings. The Kier molecular flexibility index (Phi) is 5.20. The van der Waals surface area contributed by atoms with Gasteiger partial charge in [-0.2, -0.15) is 0 Å². The summed E-state index contributed by atoms with van der Waals surface area (Å²) in [6.07, 6.45) is 0. The third-order valence-electron chi connectivity index (χ3n) is 8.53. The topological polar surface area (TPSA) is 21.3 Å². The second-order valence-corrected chi connectivity index (χ2v) is 11.0. The number of aromatic nitrogens is 1. The van der Waals surface area contributed by atoms with Gasteiger partial charge in [0, 0.05) is 44.7 Å². The Morgan fingerprint density at radius 3 is 1.95 bits per heavy atom. The third-order valence-corrected chi connectivity index (χ3v) is 8.53. The van der Waals surface area contributed by atoms with Crippen molar-refractivity contribution in [2.75, 3.05) is 4.90 Å². The summed E-state index contributed by atoms with van der Waals surface area (Å²) < 4.78 is 8.88. The summed E-state index contributed by atoms with van der Waals surface area (Å²) in [7, 11) is 0. The third kappa shape index (κ3) is 3.68. The molecule has 7 aromatic carbocycles. The summed E-state index contributed by atoms with van der Waals surface area (Å²) in [5, 5.41) is 7.09. The van der Waals surface area contributed by atoms with Crippen LogP contribution in [0.5, 0.6) is 0 Å². The summed E-state index contributed by atoms with van der Waals surface area (Å²) >= 11 is 0. The zero-order valence-electron chi connectivity index (χ0n) is 23.3. The average molecular weight is 551 g/mol. The molecule has 0 N–H and O–H groups in total. The van der Waals surface area contributed by atoms with Crippen molar-refractivity contribution in [3.8, 4) is 5.69 Å². The number of hydrogen-bond donors (Lipinski definition) is 0. The van der Waals surface area contributed by atoms with Gasteiger partial charge in [-0.1, -0.05) is 84.9 Å². The Balaban J connectivity index is 1.32. The van der Waals surface area contributed by atoms with E-state index in [1.807, 2.05) is 0 Å². The lowest BCUT2D eigenvalue weighted by atomic mass is 10.1. The van der Waals surface area contributed by atoms with E-state index in [1.54, 1.807) is 0 Å². The fourth-order valence-corrected chi connectivity index (χ4v) is 6.64. The number of benzene rings is 7. The van der Waals surface area contributed by atoms with Crippen LogP contribution in [0.25, 0.3) is 60.2 Å². The molecule has 9 rings (SSSR count). The SMILES string of the molecule is c1ccc(N(c2ccc3c(c2)oc2cc4ccccc4cc23)c2cccc3c2c2ccccc2n3-c2ccccc2)cc1. The first-order valence-electron chi connectivity index (χ1n) is 14.6. The first-order valence-corrected chi connectivity index (χ1v) is 14.6. The van der Waals surface area contributed by atoms with Gasteiger partial charge in [-0.15, -0.1) is 0 Å². The highest BCUT2D eigenvalue weighted by molar-refractivity contribution is 6.17. The minimum absolute atomic E-state index is 0.877. The quantitative estimate of drug-likeness (QED) is 0.217. The summed E-state index contributed by atoms with van der Waals surface area (Å²) in [6.45, 7) is 0. The average Bonchev–Trinajstić information content (AvgIpc) is 3.60. The van der Waals surface area contributed by atoms with E-state index in [4.69, 9.17) is 4.42 Å². The minimum atomic E-state index is 0.877. The highest BCUT2D eigenvalue weighted by Gasteiger charge is 2.21. The van der Waals surface area contributed by atoms with Gasteiger partial charge in [0.25, 0.3) is 0 Å². The van der Waals surface area contributed by atoms with E-state index in [0.717, 1.165) is 44.7 Å². The van der Waals surface area contributed by atoms with Crippen LogP contribution < -0.4 is 4.90 Å². The summed E-state index contributed by atoms with van der Waals surface area (Å²) in [5.74, 6) is 0. The van der Waals surface area contributed by atoms with E-state index in [1.165, 1.54) is 32.6 Å². The van der Waals surface area contributed by atoms with Gasteiger partial charge >= 0.3 is 0 Å². The number of rotatable bonds is 4. The molecular weight excluding hydrogens is 524 g/mol. The number of furan rings is 1. The Hall–Kier alpha value is -5.80. The maximum atomic E-state index is 6.51. The van der Waals surface area contributed by atoms with Gasteiger partial charge in [-0.3, -0.25) is 0 Å². The molecule has 0 saturated carbocycles. The number of para-hydroxylation sites is 3. The van der Waals surface area contributed by atoms with E-state index < -0.39 is 0 Å². The lowest BCUT2D eigenvalue weighted by Crippen LogP contribution is -2.10. The monoisotopic (exact) mass is 550 g/mol. The van der Waals surface area contributed by atoms with E-state index >= 15 is 0 Å². The van der Waals surface area contributed by atoms with Gasteiger partial charge in [0.2, 0.25) is 0 Å². The fourth-order valence-electron chi connectivity index (χ4n) is 6.64. The van der Waals surface area contributed by atoms with Crippen molar-refractivity contribution >= 4 is 71.6 Å². The molecule has 2 heterocycles. The van der Waals surface area contributed by atoms with Crippen LogP contribution in [0.15, 0.2) is 162 Å². The van der Waals surface area contributed by atoms with Crippen LogP contribution in [0.1, 0.15) is 0 Å². The summed E-state index contributed by atoms with van der Waals surface area (Å²) in [4.78, 5) is 2.35. The second-order valence-electron chi connectivity index (χ2n) is 11.0. The first-order chi connectivity index (χ1) is 21.3. The Labute approximate surface area is 248 Å². The van der Waals surface area contributed by atoms with Gasteiger partial charge in [0.05, 0.1) is 16.7 Å². The molecule has 3 heteroatoms. The van der Waals surface area contributed by atoms with Crippen LogP contribution >= 0.6 is 0 Å². The van der Waals surface area contributed by atoms with Crippen LogP contribution in [0.3, 0.4) is 0 Å². The van der Waals surface area contributed by atoms with E-state index in [-0.39, 0.29) is 0 Å². The summed E-state index contributed by atoms with van der Waals surface area (Å²) in [6, 6.07) is 56.0. The molecule has 0 amide bonds. The molecule has 0 aliphatic heterocycles. The zero-order valence-corrected chi connectivity index (χ0v) is 23.3. The van der Waals surface area contributed by atoms with Crippen molar-refractivity contribution in [1.29, 1.82) is 0 Å². The Morgan fingerprint density at radius 2 is 1.12 bits per heavy atom. The Bertz CT molecular complexity index is 2450. The molecule has 43 heavy (non-hydrogen) atoms. The van der Waals surface area contributed by atoms with Gasteiger partial charge in [-0.05, 0) is 77.5 Å². The van der Waals surface area contributed by atoms with Gasteiger partial charge in [0.15, 0.2) is 0 Å². The molecule has 202 valence electrons. The molecule has 0 saturated heterocycles. The molecule has 0 spiro atoms. The number of nitrogens with zero attached hydrogens (tertiary/aromatic N) is 2. The highest BCUT2D eigenvalue weighted by atomic mass is 16.3. The zero-order chi connectivity index (χ0) is 28.3. The molecule has 0 aliphatic rings. The van der Waals surface area contributed by atoms with Gasteiger partial charge in [-0.25, -0.2) is 0 Å². The van der Waals surface area contributed by atoms with Crippen molar-refractivity contribution in [3.05, 3.63) is 158 Å². The molecular formula is C40H26N2O. The molecule has 0 unspecified atom stereocenters. The van der Waals surface area contributed by atoms with Crippen molar-refractivity contribution in [2.24, 2.45) is 0 Å². The normalized spacial score (nSPS) is 11.7.